The predicted molar refractivity (Wildman–Crippen MR) is 108 cm³/mol. The van der Waals surface area contributed by atoms with Crippen LogP contribution in [0.15, 0.2) is 48.5 Å². The van der Waals surface area contributed by atoms with E-state index < -0.39 is 0 Å². The molecule has 1 radical (unpaired) electrons. The Kier molecular flexibility index (Phi) is 11.3. The molecule has 0 unspecified atom stereocenters. The van der Waals surface area contributed by atoms with Crippen molar-refractivity contribution in [3.8, 4) is 5.75 Å². The van der Waals surface area contributed by atoms with Crippen LogP contribution in [0.4, 0.5) is 11.4 Å². The Balaban J connectivity index is 0.00000364. The third kappa shape index (κ3) is 8.02. The summed E-state index contributed by atoms with van der Waals surface area (Å²) in [7, 11) is 0. The van der Waals surface area contributed by atoms with Gasteiger partial charge < -0.3 is 11.7 Å². The molecule has 0 aliphatic heterocycles. The van der Waals surface area contributed by atoms with Crippen molar-refractivity contribution in [2.45, 2.75) is 46.0 Å². The molecule has 4 nitrogen and oxygen atoms in total. The first-order chi connectivity index (χ1) is 12.6. The van der Waals surface area contributed by atoms with Gasteiger partial charge in [-0.25, -0.2) is 5.01 Å². The number of carbonyl (C=O) groups excluding carboxylic acids is 1. The molecule has 2 aromatic carbocycles. The number of rotatable bonds is 10. The largest absolute Gasteiger partial charge is 0.525 e. The van der Waals surface area contributed by atoms with Gasteiger partial charge in [0.1, 0.15) is 5.75 Å². The average Bonchev–Trinajstić information content (AvgIpc) is 2.64. The van der Waals surface area contributed by atoms with Crippen LogP contribution in [0, 0.1) is 6.92 Å². The van der Waals surface area contributed by atoms with Gasteiger partial charge in [-0.1, -0.05) is 44.4 Å². The maximum Gasteiger partial charge on any atom is 0.242 e. The molecule has 2 rings (SSSR count). The number of amides is 1. The summed E-state index contributed by atoms with van der Waals surface area (Å²) in [6.07, 6.45) is 6.10. The molecule has 0 fully saturated rings. The van der Waals surface area contributed by atoms with E-state index in [9.17, 15) is 4.79 Å². The first kappa shape index (κ1) is 23.7. The van der Waals surface area contributed by atoms with Crippen LogP contribution in [0.3, 0.4) is 0 Å². The Bertz CT molecular complexity index is 689. The summed E-state index contributed by atoms with van der Waals surface area (Å²) < 4.78 is 5.41. The number of carbonyl (C=O) groups is 1. The van der Waals surface area contributed by atoms with Crippen LogP contribution < -0.4 is 15.2 Å². The zero-order valence-corrected chi connectivity index (χ0v) is 19.2. The van der Waals surface area contributed by atoms with Gasteiger partial charge in [-0.15, -0.1) is 0 Å². The van der Waals surface area contributed by atoms with Crippen molar-refractivity contribution in [3.63, 3.8) is 0 Å². The Labute approximate surface area is 188 Å². The molecule has 27 heavy (non-hydrogen) atoms. The second-order valence-electron chi connectivity index (χ2n) is 6.32. The van der Waals surface area contributed by atoms with Crippen molar-refractivity contribution < 1.29 is 42.2 Å². The van der Waals surface area contributed by atoms with Crippen LogP contribution in [0.25, 0.3) is 0 Å². The summed E-state index contributed by atoms with van der Waals surface area (Å²) in [5, 5.41) is 1.55. The molecule has 0 aromatic heterocycles. The van der Waals surface area contributed by atoms with Crippen LogP contribution in [0.5, 0.6) is 5.75 Å². The van der Waals surface area contributed by atoms with Gasteiger partial charge in [0, 0.05) is 45.7 Å². The minimum Gasteiger partial charge on any atom is -0.525 e. The van der Waals surface area contributed by atoms with Gasteiger partial charge in [-0.2, -0.15) is 0 Å². The summed E-state index contributed by atoms with van der Waals surface area (Å²) in [4.78, 5) is 12.1. The zero-order valence-electron chi connectivity index (χ0n) is 16.4. The normalized spacial score (nSPS) is 10.0. The van der Waals surface area contributed by atoms with Crippen molar-refractivity contribution in [2.75, 3.05) is 17.0 Å². The number of hydrogen-bond donors (Lipinski definition) is 1. The Morgan fingerprint density at radius 1 is 1.11 bits per heavy atom. The van der Waals surface area contributed by atoms with Crippen LogP contribution in [-0.4, -0.2) is 12.5 Å². The third-order valence-electron chi connectivity index (χ3n) is 4.17. The summed E-state index contributed by atoms with van der Waals surface area (Å²) in [5.41, 5.74) is 6.07. The number of benzene rings is 2. The number of unbranched alkanes of at least 4 members (excludes halogenated alkanes) is 3. The first-order valence-electron chi connectivity index (χ1n) is 9.32. The topological polar surface area (TPSA) is 41.6 Å². The van der Waals surface area contributed by atoms with Gasteiger partial charge in [0.15, 0.2) is 0 Å². The van der Waals surface area contributed by atoms with E-state index in [0.29, 0.717) is 6.61 Å². The van der Waals surface area contributed by atoms with Gasteiger partial charge in [-0.05, 0) is 49.3 Å². The van der Waals surface area contributed by atoms with E-state index in [1.165, 1.54) is 31.2 Å². The molecule has 5 heteroatoms. The van der Waals surface area contributed by atoms with Crippen LogP contribution in [0.1, 0.15) is 45.1 Å². The summed E-state index contributed by atoms with van der Waals surface area (Å²) >= 11 is 0. The SMILES string of the molecule is [CH2-]COc1cccc(NN(C(C)=O)c2ccc(CCCCCC)cc2)c1.[Y]. The Morgan fingerprint density at radius 2 is 1.85 bits per heavy atom. The minimum atomic E-state index is -0.0795. The molecule has 0 atom stereocenters. The fourth-order valence-corrected chi connectivity index (χ4v) is 2.80. The Morgan fingerprint density at radius 3 is 2.48 bits per heavy atom. The molecule has 1 amide bonds. The number of anilines is 2. The van der Waals surface area contributed by atoms with Crippen LogP contribution >= 0.6 is 0 Å². The molecule has 2 aromatic rings. The van der Waals surface area contributed by atoms with E-state index in [-0.39, 0.29) is 38.6 Å². The second-order valence-corrected chi connectivity index (χ2v) is 6.32. The summed E-state index contributed by atoms with van der Waals surface area (Å²) in [6.45, 7) is 7.81. The molecule has 0 saturated heterocycles. The van der Waals surface area contributed by atoms with Crippen molar-refractivity contribution in [1.82, 2.24) is 0 Å². The van der Waals surface area contributed by atoms with Crippen molar-refractivity contribution in [3.05, 3.63) is 61.0 Å². The maximum absolute atomic E-state index is 12.1. The fourth-order valence-electron chi connectivity index (χ4n) is 2.80. The van der Waals surface area contributed by atoms with Gasteiger partial charge >= 0.3 is 0 Å². The van der Waals surface area contributed by atoms with Crippen molar-refractivity contribution >= 4 is 17.3 Å². The number of aryl methyl sites for hydroxylation is 1. The number of ether oxygens (including phenoxy) is 1. The van der Waals surface area contributed by atoms with Crippen LogP contribution in [-0.2, 0) is 43.9 Å². The maximum atomic E-state index is 12.1. The summed E-state index contributed by atoms with van der Waals surface area (Å²) in [5.74, 6) is 0.639. The molecule has 0 saturated carbocycles. The number of nitrogens with zero attached hydrogens (tertiary/aromatic N) is 1. The Hall–Kier alpha value is -1.39. The minimum absolute atomic E-state index is 0. The van der Waals surface area contributed by atoms with Gasteiger partial charge in [0.2, 0.25) is 5.91 Å². The molecule has 143 valence electrons. The fraction of sp³-hybridized carbons (Fsp3) is 0.364. The van der Waals surface area contributed by atoms with E-state index in [0.717, 1.165) is 23.5 Å². The van der Waals surface area contributed by atoms with E-state index in [1.54, 1.807) is 11.9 Å². The standard InChI is InChI=1S/C22H29N2O2.Y/c1-4-6-7-8-10-19-13-15-21(16-14-19)24(18(3)25)23-20-11-9-12-22(17-20)26-5-2;/h9,11-17,23H,2,4-8,10H2,1,3H3;/q-1;. The average molecular weight is 442 g/mol. The number of hydrazine groups is 1. The molecular formula is C22H29N2O2Y-. The third-order valence-corrected chi connectivity index (χ3v) is 4.17. The number of hydrogen-bond acceptors (Lipinski definition) is 3. The van der Waals surface area contributed by atoms with E-state index >= 15 is 0 Å². The quantitative estimate of drug-likeness (QED) is 0.304. The van der Waals surface area contributed by atoms with Gasteiger partial charge in [0.25, 0.3) is 0 Å². The second kappa shape index (κ2) is 12.9. The summed E-state index contributed by atoms with van der Waals surface area (Å²) in [6, 6.07) is 15.7. The molecular weight excluding hydrogens is 413 g/mol. The van der Waals surface area contributed by atoms with Gasteiger partial charge in [0.05, 0.1) is 11.4 Å². The monoisotopic (exact) mass is 442 g/mol. The molecule has 1 N–H and O–H groups in total. The first-order valence-corrected chi connectivity index (χ1v) is 9.32. The van der Waals surface area contributed by atoms with E-state index in [2.05, 4.69) is 31.4 Å². The zero-order chi connectivity index (χ0) is 18.8. The number of nitrogens with one attached hydrogen (secondary N) is 1. The van der Waals surface area contributed by atoms with Crippen molar-refractivity contribution in [1.29, 1.82) is 0 Å². The molecule has 0 spiro atoms. The van der Waals surface area contributed by atoms with Crippen molar-refractivity contribution in [2.24, 2.45) is 0 Å². The molecule has 0 aliphatic rings. The van der Waals surface area contributed by atoms with E-state index in [1.807, 2.05) is 36.4 Å². The molecule has 0 aliphatic carbocycles. The van der Waals surface area contributed by atoms with E-state index in [4.69, 9.17) is 4.74 Å². The van der Waals surface area contributed by atoms with Gasteiger partial charge in [-0.3, -0.25) is 10.2 Å². The molecule has 0 heterocycles. The molecule has 0 bridgehead atoms. The predicted octanol–water partition coefficient (Wildman–Crippen LogP) is 5.40. The smallest absolute Gasteiger partial charge is 0.242 e. The van der Waals surface area contributed by atoms with Crippen LogP contribution in [0.2, 0.25) is 0 Å².